The van der Waals surface area contributed by atoms with Gasteiger partial charge in [0, 0.05) is 19.2 Å². The molecular formula is C19H17N3O4S. The molecule has 2 aromatic rings. The highest BCUT2D eigenvalue weighted by Crippen LogP contribution is 2.24. The Bertz CT molecular complexity index is 916. The van der Waals surface area contributed by atoms with Crippen LogP contribution < -0.4 is 15.1 Å². The molecule has 8 heteroatoms. The van der Waals surface area contributed by atoms with E-state index < -0.39 is 11.8 Å². The maximum Gasteiger partial charge on any atom is 0.270 e. The number of ether oxygens (including phenoxy) is 1. The molecule has 0 unspecified atom stereocenters. The lowest BCUT2D eigenvalue weighted by atomic mass is 10.1. The van der Waals surface area contributed by atoms with Crippen LogP contribution in [0.25, 0.3) is 6.08 Å². The maximum absolute atomic E-state index is 12.9. The number of furan rings is 1. The minimum Gasteiger partial charge on any atom is -0.441 e. The number of carbonyl (C=O) groups is 2. The lowest BCUT2D eigenvalue weighted by molar-refractivity contribution is -0.122. The average molecular weight is 383 g/mol. The Hall–Kier alpha value is -2.97. The fourth-order valence-corrected chi connectivity index (χ4v) is 3.27. The highest BCUT2D eigenvalue weighted by Gasteiger charge is 2.34. The van der Waals surface area contributed by atoms with Crippen molar-refractivity contribution >= 4 is 46.8 Å². The van der Waals surface area contributed by atoms with E-state index in [2.05, 4.69) is 10.2 Å². The minimum atomic E-state index is -0.540. The molecule has 0 aliphatic carbocycles. The smallest absolute Gasteiger partial charge is 0.270 e. The van der Waals surface area contributed by atoms with Gasteiger partial charge in [0.2, 0.25) is 0 Å². The second-order valence-corrected chi connectivity index (χ2v) is 6.46. The van der Waals surface area contributed by atoms with Crippen molar-refractivity contribution < 1.29 is 18.7 Å². The predicted octanol–water partition coefficient (Wildman–Crippen LogP) is 1.95. The van der Waals surface area contributed by atoms with E-state index in [9.17, 15) is 9.59 Å². The van der Waals surface area contributed by atoms with Gasteiger partial charge < -0.3 is 14.1 Å². The molecule has 0 radical (unpaired) electrons. The van der Waals surface area contributed by atoms with Crippen molar-refractivity contribution in [1.29, 1.82) is 0 Å². The molecule has 2 aliphatic rings. The molecule has 2 aliphatic heterocycles. The largest absolute Gasteiger partial charge is 0.441 e. The molecule has 2 fully saturated rings. The third kappa shape index (κ3) is 3.49. The summed E-state index contributed by atoms with van der Waals surface area (Å²) in [5, 5.41) is 2.62. The van der Waals surface area contributed by atoms with Crippen LogP contribution in [0.2, 0.25) is 0 Å². The van der Waals surface area contributed by atoms with Crippen molar-refractivity contribution in [1.82, 2.24) is 5.32 Å². The highest BCUT2D eigenvalue weighted by molar-refractivity contribution is 7.80. The van der Waals surface area contributed by atoms with Crippen LogP contribution in [0, 0.1) is 0 Å². The van der Waals surface area contributed by atoms with Crippen molar-refractivity contribution in [3.63, 3.8) is 0 Å². The van der Waals surface area contributed by atoms with Crippen LogP contribution in [0.3, 0.4) is 0 Å². The molecule has 3 heterocycles. The minimum absolute atomic E-state index is 0.0321. The van der Waals surface area contributed by atoms with Gasteiger partial charge in [0.1, 0.15) is 11.3 Å². The van der Waals surface area contributed by atoms with Gasteiger partial charge in [0.15, 0.2) is 11.0 Å². The predicted molar refractivity (Wildman–Crippen MR) is 104 cm³/mol. The summed E-state index contributed by atoms with van der Waals surface area (Å²) in [7, 11) is 0. The summed E-state index contributed by atoms with van der Waals surface area (Å²) in [6.07, 6.45) is 1.44. The Morgan fingerprint density at radius 3 is 2.52 bits per heavy atom. The van der Waals surface area contributed by atoms with E-state index in [4.69, 9.17) is 21.4 Å². The van der Waals surface area contributed by atoms with Gasteiger partial charge in [-0.2, -0.15) is 0 Å². The van der Waals surface area contributed by atoms with Gasteiger partial charge in [-0.25, -0.2) is 0 Å². The molecule has 1 N–H and O–H groups in total. The number of hydrogen-bond donors (Lipinski definition) is 1. The molecule has 138 valence electrons. The number of morpholine rings is 1. The Morgan fingerprint density at radius 2 is 1.78 bits per heavy atom. The first-order valence-corrected chi connectivity index (χ1v) is 8.93. The topological polar surface area (TPSA) is 75.0 Å². The summed E-state index contributed by atoms with van der Waals surface area (Å²) < 4.78 is 11.1. The van der Waals surface area contributed by atoms with Crippen molar-refractivity contribution in [2.45, 2.75) is 0 Å². The molecule has 2 amide bonds. The third-order valence-electron chi connectivity index (χ3n) is 4.34. The first-order chi connectivity index (χ1) is 13.1. The van der Waals surface area contributed by atoms with Gasteiger partial charge in [-0.1, -0.05) is 18.2 Å². The number of rotatable bonds is 3. The first kappa shape index (κ1) is 17.4. The van der Waals surface area contributed by atoms with Crippen LogP contribution in [0.15, 0.2) is 52.5 Å². The third-order valence-corrected chi connectivity index (χ3v) is 4.62. The van der Waals surface area contributed by atoms with Gasteiger partial charge in [-0.15, -0.1) is 0 Å². The summed E-state index contributed by atoms with van der Waals surface area (Å²) in [5.41, 5.74) is 0.558. The monoisotopic (exact) mass is 383 g/mol. The standard InChI is InChI=1S/C19H17N3O4S/c23-17-15(12-14-6-7-16(26-14)21-8-10-25-11-9-21)18(24)22(19(27)20-17)13-4-2-1-3-5-13/h1-7,12H,8-11H2,(H,20,23,27)/b15-12-. The van der Waals surface area contributed by atoms with Crippen LogP contribution >= 0.6 is 12.2 Å². The van der Waals surface area contributed by atoms with E-state index in [0.717, 1.165) is 13.1 Å². The molecule has 1 aromatic heterocycles. The fraction of sp³-hybridized carbons (Fsp3) is 0.211. The molecule has 0 saturated carbocycles. The van der Waals surface area contributed by atoms with Gasteiger partial charge in [-0.05, 0) is 36.5 Å². The summed E-state index contributed by atoms with van der Waals surface area (Å²) in [5.74, 6) is 0.0841. The van der Waals surface area contributed by atoms with Gasteiger partial charge >= 0.3 is 0 Å². The zero-order valence-electron chi connectivity index (χ0n) is 14.4. The Balaban J connectivity index is 1.62. The average Bonchev–Trinajstić information content (AvgIpc) is 3.15. The number of nitrogens with one attached hydrogen (secondary N) is 1. The fourth-order valence-electron chi connectivity index (χ4n) is 2.98. The van der Waals surface area contributed by atoms with E-state index in [1.807, 2.05) is 12.1 Å². The van der Waals surface area contributed by atoms with Gasteiger partial charge in [0.25, 0.3) is 11.8 Å². The number of carbonyl (C=O) groups excluding carboxylic acids is 2. The zero-order valence-corrected chi connectivity index (χ0v) is 15.2. The number of thiocarbonyl (C=S) groups is 1. The molecule has 0 atom stereocenters. The van der Waals surface area contributed by atoms with E-state index >= 15 is 0 Å². The van der Waals surface area contributed by atoms with E-state index in [1.165, 1.54) is 11.0 Å². The lowest BCUT2D eigenvalue weighted by Gasteiger charge is -2.28. The van der Waals surface area contributed by atoms with Crippen molar-refractivity contribution in [3.05, 3.63) is 53.8 Å². The first-order valence-electron chi connectivity index (χ1n) is 8.52. The SMILES string of the molecule is O=C1NC(=S)N(c2ccccc2)C(=O)/C1=C\c1ccc(N2CCOCC2)o1. The summed E-state index contributed by atoms with van der Waals surface area (Å²) in [6, 6.07) is 12.5. The number of para-hydroxylation sites is 1. The highest BCUT2D eigenvalue weighted by atomic mass is 32.1. The molecule has 7 nitrogen and oxygen atoms in total. The zero-order chi connectivity index (χ0) is 18.8. The molecule has 1 aromatic carbocycles. The molecule has 0 bridgehead atoms. The molecule has 2 saturated heterocycles. The van der Waals surface area contributed by atoms with Crippen LogP contribution in [0.5, 0.6) is 0 Å². The van der Waals surface area contributed by atoms with Crippen LogP contribution in [0.4, 0.5) is 11.6 Å². The molecular weight excluding hydrogens is 366 g/mol. The Labute approximate surface area is 161 Å². The maximum atomic E-state index is 12.9. The van der Waals surface area contributed by atoms with E-state index in [0.29, 0.717) is 30.5 Å². The van der Waals surface area contributed by atoms with Crippen molar-refractivity contribution in [3.8, 4) is 0 Å². The Morgan fingerprint density at radius 1 is 1.04 bits per heavy atom. The molecule has 27 heavy (non-hydrogen) atoms. The second-order valence-electron chi connectivity index (χ2n) is 6.07. The number of benzene rings is 1. The molecule has 4 rings (SSSR count). The number of hydrogen-bond acceptors (Lipinski definition) is 6. The van der Waals surface area contributed by atoms with Crippen LogP contribution in [-0.2, 0) is 14.3 Å². The van der Waals surface area contributed by atoms with Gasteiger partial charge in [0.05, 0.1) is 18.9 Å². The summed E-state index contributed by atoms with van der Waals surface area (Å²) in [4.78, 5) is 28.6. The Kier molecular flexibility index (Phi) is 4.74. The van der Waals surface area contributed by atoms with E-state index in [1.54, 1.807) is 30.3 Å². The number of amides is 2. The molecule has 0 spiro atoms. The number of nitrogens with zero attached hydrogens (tertiary/aromatic N) is 2. The van der Waals surface area contributed by atoms with Crippen molar-refractivity contribution in [2.75, 3.05) is 36.1 Å². The quantitative estimate of drug-likeness (QED) is 0.496. The van der Waals surface area contributed by atoms with E-state index in [-0.39, 0.29) is 10.7 Å². The normalized spacial score (nSPS) is 19.6. The number of anilines is 2. The summed E-state index contributed by atoms with van der Waals surface area (Å²) in [6.45, 7) is 2.75. The van der Waals surface area contributed by atoms with Crippen LogP contribution in [0.1, 0.15) is 5.76 Å². The lowest BCUT2D eigenvalue weighted by Crippen LogP contribution is -2.54. The van der Waals surface area contributed by atoms with Crippen LogP contribution in [-0.4, -0.2) is 43.2 Å². The van der Waals surface area contributed by atoms with Crippen molar-refractivity contribution in [2.24, 2.45) is 0 Å². The van der Waals surface area contributed by atoms with Gasteiger partial charge in [-0.3, -0.25) is 19.8 Å². The second kappa shape index (κ2) is 7.34. The summed E-state index contributed by atoms with van der Waals surface area (Å²) >= 11 is 5.17.